The zero-order valence-electron chi connectivity index (χ0n) is 15.5. The number of carboxylic acid groups (broad SMARTS) is 2. The Morgan fingerprint density at radius 2 is 1.76 bits per heavy atom. The predicted octanol–water partition coefficient (Wildman–Crippen LogP) is 1.84. The van der Waals surface area contributed by atoms with Crippen LogP contribution < -0.4 is 0 Å². The summed E-state index contributed by atoms with van der Waals surface area (Å²) in [5.74, 6) is -4.17. The number of hydrogen-bond acceptors (Lipinski definition) is 6. The van der Waals surface area contributed by atoms with Crippen molar-refractivity contribution in [2.45, 2.75) is 65.1 Å². The molecule has 0 aliphatic carbocycles. The zero-order valence-corrected chi connectivity index (χ0v) is 15.5. The molecule has 0 amide bonds. The van der Waals surface area contributed by atoms with Crippen LogP contribution in [0.2, 0.25) is 0 Å². The Morgan fingerprint density at radius 1 is 1.20 bits per heavy atom. The number of nitrogens with zero attached hydrogens (tertiary/aromatic N) is 1. The van der Waals surface area contributed by atoms with Crippen molar-refractivity contribution in [2.75, 3.05) is 6.61 Å². The van der Waals surface area contributed by atoms with Crippen molar-refractivity contribution >= 4 is 17.9 Å². The monoisotopic (exact) mass is 357 g/mol. The number of hydroxylamine groups is 2. The molecule has 0 radical (unpaired) electrons. The van der Waals surface area contributed by atoms with Gasteiger partial charge < -0.3 is 14.9 Å². The van der Waals surface area contributed by atoms with Crippen LogP contribution in [0.5, 0.6) is 0 Å². The highest BCUT2D eigenvalue weighted by Crippen LogP contribution is 2.46. The number of aliphatic carboxylic acids is 2. The number of carbonyl (C=O) groups is 3. The first-order valence-electron chi connectivity index (χ1n) is 8.12. The van der Waals surface area contributed by atoms with Gasteiger partial charge in [0.05, 0.1) is 17.7 Å². The molecule has 0 spiro atoms. The van der Waals surface area contributed by atoms with E-state index in [2.05, 4.69) is 0 Å². The molecule has 1 aliphatic rings. The normalized spacial score (nSPS) is 26.1. The molecule has 8 heteroatoms. The first-order chi connectivity index (χ1) is 11.3. The number of ether oxygens (including phenoxy) is 1. The van der Waals surface area contributed by atoms with Crippen molar-refractivity contribution in [1.29, 1.82) is 0 Å². The van der Waals surface area contributed by atoms with E-state index in [1.54, 1.807) is 18.9 Å². The Labute approximate surface area is 147 Å². The molecular weight excluding hydrogens is 330 g/mol. The molecule has 0 aromatic rings. The summed E-state index contributed by atoms with van der Waals surface area (Å²) in [6.07, 6.45) is 0.166. The highest BCUT2D eigenvalue weighted by atomic mass is 16.7. The van der Waals surface area contributed by atoms with Gasteiger partial charge in [0.15, 0.2) is 0 Å². The number of carboxylic acids is 2. The van der Waals surface area contributed by atoms with Crippen LogP contribution in [0.15, 0.2) is 11.6 Å². The van der Waals surface area contributed by atoms with Gasteiger partial charge in [-0.05, 0) is 34.6 Å². The summed E-state index contributed by atoms with van der Waals surface area (Å²) >= 11 is 0. The maximum atomic E-state index is 11.7. The van der Waals surface area contributed by atoms with Crippen molar-refractivity contribution < 1.29 is 34.2 Å². The van der Waals surface area contributed by atoms with Gasteiger partial charge in [-0.15, -0.1) is 0 Å². The molecule has 8 nitrogen and oxygen atoms in total. The molecule has 25 heavy (non-hydrogen) atoms. The third kappa shape index (κ3) is 4.58. The van der Waals surface area contributed by atoms with E-state index >= 15 is 0 Å². The van der Waals surface area contributed by atoms with Gasteiger partial charge in [-0.25, -0.2) is 9.59 Å². The second kappa shape index (κ2) is 7.53. The van der Waals surface area contributed by atoms with Crippen LogP contribution >= 0.6 is 0 Å². The molecule has 1 heterocycles. The Bertz CT molecular complexity index is 580. The zero-order chi connectivity index (χ0) is 19.6. The Hall–Kier alpha value is -1.93. The van der Waals surface area contributed by atoms with Gasteiger partial charge in [0.2, 0.25) is 0 Å². The van der Waals surface area contributed by atoms with Gasteiger partial charge in [-0.2, -0.15) is 5.06 Å². The standard InChI is InChI=1S/C17H27NO7/c1-7-24-18-16(3,4)9-12(25-10(2)19)14(17(18,5)6)11(15(22)23)8-13(20)21/h8,12,14H,7,9H2,1-6H3,(H,20,21)(H,22,23)/b11-8-. The number of carbonyl (C=O) groups excluding carboxylic acids is 1. The van der Waals surface area contributed by atoms with Crippen molar-refractivity contribution in [1.82, 2.24) is 5.06 Å². The molecule has 1 aliphatic heterocycles. The van der Waals surface area contributed by atoms with E-state index in [0.717, 1.165) is 0 Å². The molecule has 0 bridgehead atoms. The minimum absolute atomic E-state index is 0.297. The van der Waals surface area contributed by atoms with E-state index in [-0.39, 0.29) is 5.57 Å². The van der Waals surface area contributed by atoms with Gasteiger partial charge in [-0.3, -0.25) is 9.63 Å². The second-order valence-corrected chi connectivity index (χ2v) is 7.25. The highest BCUT2D eigenvalue weighted by Gasteiger charge is 2.56. The molecule has 2 N–H and O–H groups in total. The number of hydrogen-bond donors (Lipinski definition) is 2. The first-order valence-corrected chi connectivity index (χ1v) is 8.12. The van der Waals surface area contributed by atoms with E-state index in [1.165, 1.54) is 6.92 Å². The lowest BCUT2D eigenvalue weighted by Gasteiger charge is -2.57. The van der Waals surface area contributed by atoms with Gasteiger partial charge in [0.25, 0.3) is 0 Å². The quantitative estimate of drug-likeness (QED) is 0.547. The third-order valence-corrected chi connectivity index (χ3v) is 4.34. The third-order valence-electron chi connectivity index (χ3n) is 4.34. The van der Waals surface area contributed by atoms with Crippen molar-refractivity contribution in [3.05, 3.63) is 11.6 Å². The van der Waals surface area contributed by atoms with E-state index < -0.39 is 41.0 Å². The Morgan fingerprint density at radius 3 is 2.16 bits per heavy atom. The lowest BCUT2D eigenvalue weighted by atomic mass is 9.68. The number of piperidine rings is 1. The van der Waals surface area contributed by atoms with Crippen LogP contribution in [0.1, 0.15) is 48.0 Å². The maximum Gasteiger partial charge on any atom is 0.332 e. The summed E-state index contributed by atoms with van der Waals surface area (Å²) in [5, 5.41) is 20.3. The molecule has 1 rings (SSSR count). The van der Waals surface area contributed by atoms with Crippen LogP contribution in [0.4, 0.5) is 0 Å². The average molecular weight is 357 g/mol. The molecule has 1 saturated heterocycles. The van der Waals surface area contributed by atoms with Crippen molar-refractivity contribution in [3.8, 4) is 0 Å². The molecule has 1 fully saturated rings. The van der Waals surface area contributed by atoms with E-state index in [0.29, 0.717) is 19.1 Å². The summed E-state index contributed by atoms with van der Waals surface area (Å²) in [5.41, 5.74) is -1.82. The molecule has 0 aromatic heterocycles. The SMILES string of the molecule is CCON1C(C)(C)CC(OC(C)=O)C(/C(=C/C(=O)O)C(=O)O)C1(C)C. The minimum Gasteiger partial charge on any atom is -0.478 e. The summed E-state index contributed by atoms with van der Waals surface area (Å²) in [6, 6.07) is 0. The summed E-state index contributed by atoms with van der Waals surface area (Å²) < 4.78 is 5.40. The molecule has 0 aromatic carbocycles. The van der Waals surface area contributed by atoms with Gasteiger partial charge in [0, 0.05) is 30.9 Å². The summed E-state index contributed by atoms with van der Waals surface area (Å²) in [6.45, 7) is 10.7. The Kier molecular flexibility index (Phi) is 6.36. The van der Waals surface area contributed by atoms with E-state index in [4.69, 9.17) is 14.7 Å². The lowest BCUT2D eigenvalue weighted by Crippen LogP contribution is -2.67. The predicted molar refractivity (Wildman–Crippen MR) is 88.6 cm³/mol. The molecule has 2 unspecified atom stereocenters. The number of esters is 1. The van der Waals surface area contributed by atoms with E-state index in [9.17, 15) is 19.5 Å². The van der Waals surface area contributed by atoms with Gasteiger partial charge >= 0.3 is 17.9 Å². The second-order valence-electron chi connectivity index (χ2n) is 7.25. The molecule has 142 valence electrons. The smallest absolute Gasteiger partial charge is 0.332 e. The Balaban J connectivity index is 3.55. The fourth-order valence-electron chi connectivity index (χ4n) is 3.85. The van der Waals surface area contributed by atoms with Crippen molar-refractivity contribution in [2.24, 2.45) is 5.92 Å². The van der Waals surface area contributed by atoms with Gasteiger partial charge in [0.1, 0.15) is 6.10 Å². The number of rotatable bonds is 6. The lowest BCUT2D eigenvalue weighted by molar-refractivity contribution is -0.303. The maximum absolute atomic E-state index is 11.7. The van der Waals surface area contributed by atoms with Crippen LogP contribution in [0.3, 0.4) is 0 Å². The van der Waals surface area contributed by atoms with Gasteiger partial charge in [-0.1, -0.05) is 0 Å². The average Bonchev–Trinajstić information content (AvgIpc) is 2.40. The van der Waals surface area contributed by atoms with Crippen LogP contribution in [0, 0.1) is 5.92 Å². The van der Waals surface area contributed by atoms with Crippen molar-refractivity contribution in [3.63, 3.8) is 0 Å². The minimum atomic E-state index is -1.37. The summed E-state index contributed by atoms with van der Waals surface area (Å²) in [7, 11) is 0. The fourth-order valence-corrected chi connectivity index (χ4v) is 3.85. The van der Waals surface area contributed by atoms with E-state index in [1.807, 2.05) is 20.8 Å². The summed E-state index contributed by atoms with van der Waals surface area (Å²) in [4.78, 5) is 40.2. The molecular formula is C17H27NO7. The first kappa shape index (κ1) is 21.1. The topological polar surface area (TPSA) is 113 Å². The van der Waals surface area contributed by atoms with Crippen LogP contribution in [-0.2, 0) is 24.0 Å². The molecule has 2 atom stereocenters. The van der Waals surface area contributed by atoms with Crippen LogP contribution in [0.25, 0.3) is 0 Å². The molecule has 0 saturated carbocycles. The fraction of sp³-hybridized carbons (Fsp3) is 0.706. The largest absolute Gasteiger partial charge is 0.478 e. The van der Waals surface area contributed by atoms with Crippen LogP contribution in [-0.4, -0.2) is 57.0 Å². The highest BCUT2D eigenvalue weighted by molar-refractivity contribution is 5.95.